The first kappa shape index (κ1) is 22.4. The van der Waals surface area contributed by atoms with Gasteiger partial charge in [-0.1, -0.05) is 23.7 Å². The molecule has 1 aromatic heterocycles. The number of hydrogen-bond donors (Lipinski definition) is 3. The molecule has 0 saturated carbocycles. The van der Waals surface area contributed by atoms with Gasteiger partial charge in [0.25, 0.3) is 5.91 Å². The molecule has 2 aromatic carbocycles. The molecule has 30 heavy (non-hydrogen) atoms. The van der Waals surface area contributed by atoms with Gasteiger partial charge in [0.05, 0.1) is 24.9 Å². The number of nitrogens with one attached hydrogen (secondary N) is 2. The van der Waals surface area contributed by atoms with Crippen LogP contribution in [-0.2, 0) is 0 Å². The highest BCUT2D eigenvalue weighted by Gasteiger charge is 2.15. The number of carbonyl (C=O) groups is 1. The first-order valence-electron chi connectivity index (χ1n) is 8.50. The van der Waals surface area contributed by atoms with Crippen LogP contribution < -0.4 is 25.8 Å². The first-order chi connectivity index (χ1) is 14.3. The molecule has 156 valence electrons. The summed E-state index contributed by atoms with van der Waals surface area (Å²) in [5, 5.41) is 8.88. The van der Waals surface area contributed by atoms with Crippen LogP contribution in [0.3, 0.4) is 0 Å². The smallest absolute Gasteiger partial charge is 0.259 e. The van der Waals surface area contributed by atoms with E-state index in [4.69, 9.17) is 39.0 Å². The average molecular weight is 527 g/mol. The zero-order valence-corrected chi connectivity index (χ0v) is 19.9. The number of amides is 1. The second-order valence-corrected chi connectivity index (χ2v) is 8.49. The lowest BCUT2D eigenvalue weighted by molar-refractivity contribution is 0.100. The minimum Gasteiger partial charge on any atom is -0.495 e. The Morgan fingerprint density at radius 3 is 2.37 bits per heavy atom. The van der Waals surface area contributed by atoms with Crippen LogP contribution in [-0.4, -0.2) is 25.2 Å². The van der Waals surface area contributed by atoms with Crippen LogP contribution in [0.4, 0.5) is 11.4 Å². The summed E-state index contributed by atoms with van der Waals surface area (Å²) in [7, 11) is 3.09. The summed E-state index contributed by atoms with van der Waals surface area (Å²) in [5.41, 5.74) is 8.62. The van der Waals surface area contributed by atoms with Crippen LogP contribution in [0.2, 0.25) is 5.02 Å². The number of thiophene rings is 1. The highest BCUT2D eigenvalue weighted by Crippen LogP contribution is 2.37. The first-order valence-corrected chi connectivity index (χ1v) is 11.0. The van der Waals surface area contributed by atoms with Crippen molar-refractivity contribution in [1.82, 2.24) is 0 Å². The maximum absolute atomic E-state index is 11.4. The molecule has 0 aliphatic rings. The zero-order chi connectivity index (χ0) is 21.8. The number of ether oxygens (including phenoxy) is 2. The molecule has 0 fully saturated rings. The van der Waals surface area contributed by atoms with Crippen LogP contribution in [0, 0.1) is 0 Å². The number of carbonyl (C=O) groups excluding carboxylic acids is 1. The highest BCUT2D eigenvalue weighted by molar-refractivity contribution is 9.10. The molecular formula is C20H17BrClN3O3S2. The van der Waals surface area contributed by atoms with Gasteiger partial charge in [-0.15, -0.1) is 11.3 Å². The number of rotatable bonds is 6. The van der Waals surface area contributed by atoms with Gasteiger partial charge in [0.1, 0.15) is 16.4 Å². The minimum atomic E-state index is -0.457. The van der Waals surface area contributed by atoms with Gasteiger partial charge in [-0.25, -0.2) is 0 Å². The van der Waals surface area contributed by atoms with Crippen LogP contribution in [0.25, 0.3) is 11.1 Å². The average Bonchev–Trinajstić information content (AvgIpc) is 3.10. The predicted octanol–water partition coefficient (Wildman–Crippen LogP) is 5.76. The minimum absolute atomic E-state index is 0.370. The van der Waals surface area contributed by atoms with E-state index in [1.54, 1.807) is 19.2 Å². The molecule has 0 aliphatic carbocycles. The third kappa shape index (κ3) is 4.86. The third-order valence-electron chi connectivity index (χ3n) is 4.13. The molecule has 3 rings (SSSR count). The molecule has 0 unspecified atom stereocenters. The Balaban J connectivity index is 1.73. The molecule has 0 spiro atoms. The Morgan fingerprint density at radius 2 is 1.80 bits per heavy atom. The van der Waals surface area contributed by atoms with Crippen molar-refractivity contribution in [3.63, 3.8) is 0 Å². The molecule has 3 aromatic rings. The van der Waals surface area contributed by atoms with E-state index >= 15 is 0 Å². The lowest BCUT2D eigenvalue weighted by Gasteiger charge is -2.15. The van der Waals surface area contributed by atoms with Gasteiger partial charge in [0, 0.05) is 27.2 Å². The van der Waals surface area contributed by atoms with Gasteiger partial charge in [-0.2, -0.15) is 0 Å². The van der Waals surface area contributed by atoms with Crippen molar-refractivity contribution < 1.29 is 14.3 Å². The van der Waals surface area contributed by atoms with E-state index in [0.717, 1.165) is 16.8 Å². The summed E-state index contributed by atoms with van der Waals surface area (Å²) in [6.45, 7) is 0. The number of thiocarbonyl (C=S) groups is 1. The third-order valence-corrected chi connectivity index (χ3v) is 6.71. The molecule has 0 saturated heterocycles. The molecule has 6 nitrogen and oxygen atoms in total. The van der Waals surface area contributed by atoms with Crippen LogP contribution in [0.5, 0.6) is 11.5 Å². The summed E-state index contributed by atoms with van der Waals surface area (Å²) in [4.78, 5) is 11.9. The summed E-state index contributed by atoms with van der Waals surface area (Å²) < 4.78 is 11.3. The van der Waals surface area contributed by atoms with Crippen molar-refractivity contribution in [2.75, 3.05) is 24.9 Å². The van der Waals surface area contributed by atoms with E-state index in [-0.39, 0.29) is 0 Å². The molecular weight excluding hydrogens is 510 g/mol. The van der Waals surface area contributed by atoms with Crippen molar-refractivity contribution in [3.8, 4) is 22.6 Å². The SMILES string of the molecule is COc1cc(OC)c(NC(=S)Nc2ccc(-c3csc(C(N)=O)c3Br)cc2)cc1Cl. The number of methoxy groups -OCH3 is 2. The summed E-state index contributed by atoms with van der Waals surface area (Å²) >= 11 is 16.3. The van der Waals surface area contributed by atoms with E-state index in [1.807, 2.05) is 29.6 Å². The van der Waals surface area contributed by atoms with E-state index < -0.39 is 5.91 Å². The van der Waals surface area contributed by atoms with Crippen molar-refractivity contribution in [3.05, 3.63) is 56.2 Å². The zero-order valence-electron chi connectivity index (χ0n) is 15.9. The van der Waals surface area contributed by atoms with E-state index in [2.05, 4.69) is 26.6 Å². The predicted molar refractivity (Wildman–Crippen MR) is 130 cm³/mol. The summed E-state index contributed by atoms with van der Waals surface area (Å²) in [6.07, 6.45) is 0. The number of halogens is 2. The van der Waals surface area contributed by atoms with Crippen molar-refractivity contribution in [1.29, 1.82) is 0 Å². The Kier molecular flexibility index (Phi) is 7.19. The number of benzene rings is 2. The van der Waals surface area contributed by atoms with E-state index in [9.17, 15) is 4.79 Å². The van der Waals surface area contributed by atoms with Gasteiger partial charge < -0.3 is 25.8 Å². The lowest BCUT2D eigenvalue weighted by Crippen LogP contribution is -2.19. The largest absolute Gasteiger partial charge is 0.495 e. The number of anilines is 2. The molecule has 1 heterocycles. The molecule has 4 N–H and O–H groups in total. The fourth-order valence-corrected chi connectivity index (χ4v) is 4.94. The topological polar surface area (TPSA) is 85.6 Å². The highest BCUT2D eigenvalue weighted by atomic mass is 79.9. The summed E-state index contributed by atoms with van der Waals surface area (Å²) in [5.74, 6) is 0.595. The molecule has 0 radical (unpaired) electrons. The second kappa shape index (κ2) is 9.65. The Hall–Kier alpha value is -2.33. The number of nitrogens with two attached hydrogens (primary N) is 1. The van der Waals surface area contributed by atoms with Crippen LogP contribution in [0.15, 0.2) is 46.3 Å². The normalized spacial score (nSPS) is 10.4. The van der Waals surface area contributed by atoms with Crippen molar-refractivity contribution >= 4 is 73.5 Å². The monoisotopic (exact) mass is 525 g/mol. The van der Waals surface area contributed by atoms with Gasteiger partial charge in [-0.3, -0.25) is 4.79 Å². The maximum atomic E-state index is 11.4. The maximum Gasteiger partial charge on any atom is 0.259 e. The van der Waals surface area contributed by atoms with Crippen molar-refractivity contribution in [2.45, 2.75) is 0 Å². The fourth-order valence-electron chi connectivity index (χ4n) is 2.68. The molecule has 0 bridgehead atoms. The molecule has 10 heteroatoms. The van der Waals surface area contributed by atoms with E-state index in [0.29, 0.717) is 36.7 Å². The standard InChI is InChI=1S/C20H17BrClN3O3S2/c1-27-15-8-16(28-2)14(7-13(15)22)25-20(29)24-11-5-3-10(4-6-11)12-9-30-18(17(12)21)19(23)26/h3-9H,1-2H3,(H2,23,26)(H2,24,25,29). The van der Waals surface area contributed by atoms with E-state index in [1.165, 1.54) is 18.4 Å². The van der Waals surface area contributed by atoms with Gasteiger partial charge in [-0.05, 0) is 51.9 Å². The van der Waals surface area contributed by atoms with Gasteiger partial charge in [0.2, 0.25) is 0 Å². The molecule has 1 amide bonds. The van der Waals surface area contributed by atoms with Crippen LogP contribution in [0.1, 0.15) is 9.67 Å². The van der Waals surface area contributed by atoms with Crippen LogP contribution >= 0.6 is 51.1 Å². The number of primary amides is 1. The molecule has 0 atom stereocenters. The molecule has 0 aliphatic heterocycles. The fraction of sp³-hybridized carbons (Fsp3) is 0.100. The Labute approximate surface area is 196 Å². The van der Waals surface area contributed by atoms with Crippen molar-refractivity contribution in [2.24, 2.45) is 5.73 Å². The number of hydrogen-bond acceptors (Lipinski definition) is 5. The quantitative estimate of drug-likeness (QED) is 0.354. The Bertz CT molecular complexity index is 1100. The van der Waals surface area contributed by atoms with Gasteiger partial charge in [0.15, 0.2) is 5.11 Å². The summed E-state index contributed by atoms with van der Waals surface area (Å²) in [6, 6.07) is 11.0. The van der Waals surface area contributed by atoms with Gasteiger partial charge >= 0.3 is 0 Å². The second-order valence-electron chi connectivity index (χ2n) is 6.00. The Morgan fingerprint density at radius 1 is 1.13 bits per heavy atom. The lowest BCUT2D eigenvalue weighted by atomic mass is 10.1.